The number of nitrogens with zero attached hydrogens (tertiary/aromatic N) is 1. The Labute approximate surface area is 113 Å². The summed E-state index contributed by atoms with van der Waals surface area (Å²) in [5.74, 6) is 1.32. The molecule has 0 spiro atoms. The SMILES string of the molecule is CC1CCC(=O)C(Cc2ccnc3ccccc23)C1. The fourth-order valence-electron chi connectivity index (χ4n) is 3.12. The van der Waals surface area contributed by atoms with E-state index in [0.29, 0.717) is 11.7 Å². The molecule has 1 aromatic carbocycles. The summed E-state index contributed by atoms with van der Waals surface area (Å²) < 4.78 is 0. The van der Waals surface area contributed by atoms with Crippen LogP contribution in [-0.4, -0.2) is 10.8 Å². The van der Waals surface area contributed by atoms with Gasteiger partial charge in [0.05, 0.1) is 5.52 Å². The number of hydrogen-bond donors (Lipinski definition) is 0. The Morgan fingerprint density at radius 1 is 1.26 bits per heavy atom. The minimum atomic E-state index is 0.203. The molecule has 0 radical (unpaired) electrons. The van der Waals surface area contributed by atoms with Crippen molar-refractivity contribution in [3.05, 3.63) is 42.1 Å². The molecule has 0 N–H and O–H groups in total. The number of carbonyl (C=O) groups is 1. The quantitative estimate of drug-likeness (QED) is 0.815. The topological polar surface area (TPSA) is 30.0 Å². The minimum absolute atomic E-state index is 0.203. The van der Waals surface area contributed by atoms with E-state index in [2.05, 4.69) is 24.0 Å². The zero-order valence-corrected chi connectivity index (χ0v) is 11.3. The molecule has 1 aromatic heterocycles. The molecule has 2 aromatic rings. The third kappa shape index (κ3) is 2.53. The highest BCUT2D eigenvalue weighted by molar-refractivity contribution is 5.85. The number of aromatic nitrogens is 1. The van der Waals surface area contributed by atoms with Crippen molar-refractivity contribution in [3.63, 3.8) is 0 Å². The first-order chi connectivity index (χ1) is 9.24. The Hall–Kier alpha value is -1.70. The third-order valence-electron chi connectivity index (χ3n) is 4.23. The smallest absolute Gasteiger partial charge is 0.136 e. The fourth-order valence-corrected chi connectivity index (χ4v) is 3.12. The molecule has 2 unspecified atom stereocenters. The first-order valence-electron chi connectivity index (χ1n) is 7.09. The van der Waals surface area contributed by atoms with Gasteiger partial charge in [0.15, 0.2) is 0 Å². The molecule has 2 nitrogen and oxygen atoms in total. The Bertz CT molecular complexity index is 600. The predicted molar refractivity (Wildman–Crippen MR) is 77.0 cm³/mol. The van der Waals surface area contributed by atoms with Gasteiger partial charge in [0.1, 0.15) is 5.78 Å². The van der Waals surface area contributed by atoms with Crippen molar-refractivity contribution >= 4 is 16.7 Å². The highest BCUT2D eigenvalue weighted by Gasteiger charge is 2.26. The van der Waals surface area contributed by atoms with E-state index >= 15 is 0 Å². The Morgan fingerprint density at radius 3 is 3.00 bits per heavy atom. The van der Waals surface area contributed by atoms with Gasteiger partial charge < -0.3 is 0 Å². The van der Waals surface area contributed by atoms with E-state index in [4.69, 9.17) is 0 Å². The van der Waals surface area contributed by atoms with Gasteiger partial charge in [-0.15, -0.1) is 0 Å². The van der Waals surface area contributed by atoms with Gasteiger partial charge in [-0.1, -0.05) is 25.1 Å². The monoisotopic (exact) mass is 253 g/mol. The predicted octanol–water partition coefficient (Wildman–Crippen LogP) is 3.78. The van der Waals surface area contributed by atoms with Crippen LogP contribution in [0.1, 0.15) is 31.7 Å². The van der Waals surface area contributed by atoms with Crippen LogP contribution in [0.4, 0.5) is 0 Å². The standard InChI is InChI=1S/C17H19NO/c1-12-6-7-17(19)14(10-12)11-13-8-9-18-16-5-3-2-4-15(13)16/h2-5,8-9,12,14H,6-7,10-11H2,1H3. The molecule has 3 rings (SSSR count). The van der Waals surface area contributed by atoms with Gasteiger partial charge in [-0.05, 0) is 42.9 Å². The number of benzene rings is 1. The second-order valence-corrected chi connectivity index (χ2v) is 5.73. The van der Waals surface area contributed by atoms with Crippen LogP contribution in [0.25, 0.3) is 10.9 Å². The van der Waals surface area contributed by atoms with Gasteiger partial charge in [0, 0.05) is 23.9 Å². The lowest BCUT2D eigenvalue weighted by atomic mass is 9.78. The molecule has 0 saturated heterocycles. The van der Waals surface area contributed by atoms with Crippen LogP contribution in [0.3, 0.4) is 0 Å². The minimum Gasteiger partial charge on any atom is -0.299 e. The first-order valence-corrected chi connectivity index (χ1v) is 7.09. The van der Waals surface area contributed by atoms with Crippen LogP contribution in [0.15, 0.2) is 36.5 Å². The molecule has 2 heteroatoms. The maximum absolute atomic E-state index is 12.1. The van der Waals surface area contributed by atoms with Crippen LogP contribution in [-0.2, 0) is 11.2 Å². The van der Waals surface area contributed by atoms with Crippen molar-refractivity contribution in [1.29, 1.82) is 0 Å². The maximum atomic E-state index is 12.1. The molecular weight excluding hydrogens is 234 g/mol. The number of fused-ring (bicyclic) bond motifs is 1. The summed E-state index contributed by atoms with van der Waals surface area (Å²) in [6.45, 7) is 2.25. The van der Waals surface area contributed by atoms with E-state index in [1.807, 2.05) is 24.4 Å². The molecule has 1 aliphatic rings. The van der Waals surface area contributed by atoms with Gasteiger partial charge in [0.25, 0.3) is 0 Å². The van der Waals surface area contributed by atoms with Crippen molar-refractivity contribution in [2.45, 2.75) is 32.6 Å². The maximum Gasteiger partial charge on any atom is 0.136 e. The highest BCUT2D eigenvalue weighted by Crippen LogP contribution is 2.30. The largest absolute Gasteiger partial charge is 0.299 e. The van der Waals surface area contributed by atoms with E-state index in [0.717, 1.165) is 31.2 Å². The molecule has 1 fully saturated rings. The van der Waals surface area contributed by atoms with Crippen LogP contribution in [0.2, 0.25) is 0 Å². The molecule has 1 heterocycles. The zero-order valence-electron chi connectivity index (χ0n) is 11.3. The molecular formula is C17H19NO. The van der Waals surface area contributed by atoms with Crippen molar-refractivity contribution in [2.75, 3.05) is 0 Å². The molecule has 2 atom stereocenters. The zero-order chi connectivity index (χ0) is 13.2. The Balaban J connectivity index is 1.90. The van der Waals surface area contributed by atoms with E-state index < -0.39 is 0 Å². The fraction of sp³-hybridized carbons (Fsp3) is 0.412. The Kier molecular flexibility index (Phi) is 3.33. The van der Waals surface area contributed by atoms with Crippen molar-refractivity contribution in [2.24, 2.45) is 11.8 Å². The third-order valence-corrected chi connectivity index (χ3v) is 4.23. The van der Waals surface area contributed by atoms with E-state index in [-0.39, 0.29) is 5.92 Å². The summed E-state index contributed by atoms with van der Waals surface area (Å²) >= 11 is 0. The first kappa shape index (κ1) is 12.3. The van der Waals surface area contributed by atoms with Crippen LogP contribution in [0.5, 0.6) is 0 Å². The van der Waals surface area contributed by atoms with Crippen molar-refractivity contribution in [3.8, 4) is 0 Å². The van der Waals surface area contributed by atoms with Gasteiger partial charge in [-0.3, -0.25) is 9.78 Å². The summed E-state index contributed by atoms with van der Waals surface area (Å²) in [7, 11) is 0. The summed E-state index contributed by atoms with van der Waals surface area (Å²) in [5.41, 5.74) is 2.29. The molecule has 98 valence electrons. The van der Waals surface area contributed by atoms with E-state index in [1.165, 1.54) is 10.9 Å². The second-order valence-electron chi connectivity index (χ2n) is 5.73. The van der Waals surface area contributed by atoms with Gasteiger partial charge in [-0.25, -0.2) is 0 Å². The number of carbonyl (C=O) groups excluding carboxylic acids is 1. The molecule has 0 bridgehead atoms. The summed E-state index contributed by atoms with van der Waals surface area (Å²) in [6, 6.07) is 10.2. The summed E-state index contributed by atoms with van der Waals surface area (Å²) in [6.07, 6.45) is 5.58. The van der Waals surface area contributed by atoms with E-state index in [9.17, 15) is 4.79 Å². The number of pyridine rings is 1. The van der Waals surface area contributed by atoms with Gasteiger partial charge in [0.2, 0.25) is 0 Å². The van der Waals surface area contributed by atoms with Crippen LogP contribution in [0, 0.1) is 11.8 Å². The molecule has 19 heavy (non-hydrogen) atoms. The average molecular weight is 253 g/mol. The molecule has 0 amide bonds. The van der Waals surface area contributed by atoms with Crippen LogP contribution < -0.4 is 0 Å². The van der Waals surface area contributed by atoms with Crippen LogP contribution >= 0.6 is 0 Å². The summed E-state index contributed by atoms with van der Waals surface area (Å²) in [5, 5.41) is 1.19. The van der Waals surface area contributed by atoms with Gasteiger partial charge in [-0.2, -0.15) is 0 Å². The van der Waals surface area contributed by atoms with Crippen molar-refractivity contribution in [1.82, 2.24) is 4.98 Å². The van der Waals surface area contributed by atoms with E-state index in [1.54, 1.807) is 0 Å². The van der Waals surface area contributed by atoms with Gasteiger partial charge >= 0.3 is 0 Å². The Morgan fingerprint density at radius 2 is 2.11 bits per heavy atom. The lowest BCUT2D eigenvalue weighted by molar-refractivity contribution is -0.125. The lowest BCUT2D eigenvalue weighted by Crippen LogP contribution is -2.25. The molecule has 0 aliphatic heterocycles. The number of rotatable bonds is 2. The second kappa shape index (κ2) is 5.12. The molecule has 1 saturated carbocycles. The number of ketones is 1. The number of para-hydroxylation sites is 1. The highest BCUT2D eigenvalue weighted by atomic mass is 16.1. The normalized spacial score (nSPS) is 23.7. The number of hydrogen-bond acceptors (Lipinski definition) is 2. The van der Waals surface area contributed by atoms with Crippen molar-refractivity contribution < 1.29 is 4.79 Å². The average Bonchev–Trinajstić information content (AvgIpc) is 2.43. The molecule has 1 aliphatic carbocycles. The number of Topliss-reactive ketones (excluding diaryl/α,β-unsaturated/α-hetero) is 1. The summed E-state index contributed by atoms with van der Waals surface area (Å²) in [4.78, 5) is 16.4. The lowest BCUT2D eigenvalue weighted by Gasteiger charge is -2.25.